The van der Waals surface area contributed by atoms with Crippen LogP contribution < -0.4 is 11.1 Å². The number of carbonyl (C=O) groups excluding carboxylic acids is 1. The first kappa shape index (κ1) is 15.0. The Morgan fingerprint density at radius 3 is 2.65 bits per heavy atom. The summed E-state index contributed by atoms with van der Waals surface area (Å²) in [7, 11) is 0. The van der Waals surface area contributed by atoms with E-state index in [2.05, 4.69) is 5.32 Å². The number of rotatable bonds is 4. The molecule has 0 aromatic heterocycles. The molecule has 0 aliphatic heterocycles. The standard InChI is InChI=1S/C14H12Cl2N2OS/c15-9-2-1-3-11(6-9)18-14(19)8-20-13-7-10(16)4-5-12(13)17/h1-7H,8,17H2,(H,18,19). The van der Waals surface area contributed by atoms with E-state index in [-0.39, 0.29) is 11.7 Å². The topological polar surface area (TPSA) is 55.1 Å². The van der Waals surface area contributed by atoms with Crippen LogP contribution in [0.1, 0.15) is 0 Å². The Labute approximate surface area is 131 Å². The van der Waals surface area contributed by atoms with Crippen LogP contribution in [0, 0.1) is 0 Å². The SMILES string of the molecule is Nc1ccc(Cl)cc1SCC(=O)Nc1cccc(Cl)c1. The van der Waals surface area contributed by atoms with Gasteiger partial charge in [-0.25, -0.2) is 0 Å². The van der Waals surface area contributed by atoms with Crippen LogP contribution in [-0.4, -0.2) is 11.7 Å². The summed E-state index contributed by atoms with van der Waals surface area (Å²) in [6.07, 6.45) is 0. The number of nitrogens with two attached hydrogens (primary N) is 1. The molecule has 3 N–H and O–H groups in total. The van der Waals surface area contributed by atoms with Gasteiger partial charge in [-0.15, -0.1) is 11.8 Å². The lowest BCUT2D eigenvalue weighted by molar-refractivity contribution is -0.113. The average Bonchev–Trinajstić information content (AvgIpc) is 2.40. The molecule has 3 nitrogen and oxygen atoms in total. The molecule has 20 heavy (non-hydrogen) atoms. The monoisotopic (exact) mass is 326 g/mol. The average molecular weight is 327 g/mol. The number of halogens is 2. The van der Waals surface area contributed by atoms with Gasteiger partial charge in [0.15, 0.2) is 0 Å². The van der Waals surface area contributed by atoms with Gasteiger partial charge in [-0.3, -0.25) is 4.79 Å². The molecule has 0 radical (unpaired) electrons. The Morgan fingerprint density at radius 2 is 1.90 bits per heavy atom. The minimum atomic E-state index is -0.128. The zero-order valence-corrected chi connectivity index (χ0v) is 12.7. The van der Waals surface area contributed by atoms with Crippen molar-refractivity contribution in [2.75, 3.05) is 16.8 Å². The molecule has 0 heterocycles. The lowest BCUT2D eigenvalue weighted by Gasteiger charge is -2.07. The predicted molar refractivity (Wildman–Crippen MR) is 86.7 cm³/mol. The van der Waals surface area contributed by atoms with Crippen molar-refractivity contribution in [3.05, 3.63) is 52.5 Å². The summed E-state index contributed by atoms with van der Waals surface area (Å²) in [5, 5.41) is 3.94. The van der Waals surface area contributed by atoms with Crippen LogP contribution in [0.3, 0.4) is 0 Å². The van der Waals surface area contributed by atoms with E-state index in [1.54, 1.807) is 42.5 Å². The van der Waals surface area contributed by atoms with E-state index >= 15 is 0 Å². The van der Waals surface area contributed by atoms with Gasteiger partial charge in [-0.05, 0) is 36.4 Å². The highest BCUT2D eigenvalue weighted by Gasteiger charge is 2.07. The molecule has 2 aromatic carbocycles. The number of amides is 1. The fourth-order valence-corrected chi connectivity index (χ4v) is 2.77. The van der Waals surface area contributed by atoms with Gasteiger partial charge < -0.3 is 11.1 Å². The second kappa shape index (κ2) is 6.88. The fourth-order valence-electron chi connectivity index (χ4n) is 1.54. The van der Waals surface area contributed by atoms with Crippen LogP contribution in [0.15, 0.2) is 47.4 Å². The van der Waals surface area contributed by atoms with E-state index in [1.807, 2.05) is 0 Å². The van der Waals surface area contributed by atoms with E-state index in [0.29, 0.717) is 21.4 Å². The molecule has 0 saturated carbocycles. The summed E-state index contributed by atoms with van der Waals surface area (Å²) < 4.78 is 0. The highest BCUT2D eigenvalue weighted by molar-refractivity contribution is 8.00. The molecule has 0 aliphatic rings. The molecule has 1 amide bonds. The van der Waals surface area contributed by atoms with Crippen LogP contribution in [-0.2, 0) is 4.79 Å². The Morgan fingerprint density at radius 1 is 1.15 bits per heavy atom. The predicted octanol–water partition coefficient (Wildman–Crippen LogP) is 4.31. The van der Waals surface area contributed by atoms with Gasteiger partial charge in [0.05, 0.1) is 5.75 Å². The Balaban J connectivity index is 1.94. The summed E-state index contributed by atoms with van der Waals surface area (Å²) in [5.41, 5.74) is 7.09. The number of carbonyl (C=O) groups is 1. The zero-order chi connectivity index (χ0) is 14.5. The van der Waals surface area contributed by atoms with Crippen LogP contribution in [0.5, 0.6) is 0 Å². The summed E-state index contributed by atoms with van der Waals surface area (Å²) in [6.45, 7) is 0. The molecule has 0 aliphatic carbocycles. The van der Waals surface area contributed by atoms with Crippen molar-refractivity contribution in [3.8, 4) is 0 Å². The summed E-state index contributed by atoms with van der Waals surface area (Å²) in [4.78, 5) is 12.6. The second-order valence-electron chi connectivity index (χ2n) is 4.03. The Hall–Kier alpha value is -1.36. The van der Waals surface area contributed by atoms with E-state index in [9.17, 15) is 4.79 Å². The van der Waals surface area contributed by atoms with Crippen molar-refractivity contribution < 1.29 is 4.79 Å². The van der Waals surface area contributed by atoms with E-state index in [1.165, 1.54) is 11.8 Å². The van der Waals surface area contributed by atoms with Crippen molar-refractivity contribution in [2.45, 2.75) is 4.90 Å². The Kier molecular flexibility index (Phi) is 5.17. The molecule has 0 saturated heterocycles. The highest BCUT2D eigenvalue weighted by atomic mass is 35.5. The van der Waals surface area contributed by atoms with Crippen LogP contribution in [0.4, 0.5) is 11.4 Å². The molecular weight excluding hydrogens is 315 g/mol. The number of anilines is 2. The first-order chi connectivity index (χ1) is 9.54. The van der Waals surface area contributed by atoms with Crippen molar-refractivity contribution in [1.82, 2.24) is 0 Å². The first-order valence-electron chi connectivity index (χ1n) is 5.78. The number of hydrogen-bond acceptors (Lipinski definition) is 3. The molecule has 0 spiro atoms. The van der Waals surface area contributed by atoms with Gasteiger partial charge in [0.25, 0.3) is 0 Å². The molecule has 6 heteroatoms. The molecule has 0 fully saturated rings. The maximum absolute atomic E-state index is 11.8. The molecule has 2 rings (SSSR count). The Bertz CT molecular complexity index is 634. The third-order valence-corrected chi connectivity index (χ3v) is 3.98. The van der Waals surface area contributed by atoms with Crippen molar-refractivity contribution in [3.63, 3.8) is 0 Å². The summed E-state index contributed by atoms with van der Waals surface area (Å²) in [6, 6.07) is 12.2. The number of hydrogen-bond donors (Lipinski definition) is 2. The number of nitrogen functional groups attached to an aromatic ring is 1. The largest absolute Gasteiger partial charge is 0.398 e. The number of nitrogens with one attached hydrogen (secondary N) is 1. The van der Waals surface area contributed by atoms with Crippen LogP contribution >= 0.6 is 35.0 Å². The quantitative estimate of drug-likeness (QED) is 0.650. The van der Waals surface area contributed by atoms with Crippen molar-refractivity contribution >= 4 is 52.2 Å². The number of benzene rings is 2. The minimum absolute atomic E-state index is 0.128. The van der Waals surface area contributed by atoms with Gasteiger partial charge in [-0.1, -0.05) is 29.3 Å². The van der Waals surface area contributed by atoms with Crippen LogP contribution in [0.25, 0.3) is 0 Å². The molecule has 0 atom stereocenters. The van der Waals surface area contributed by atoms with Gasteiger partial charge in [-0.2, -0.15) is 0 Å². The lowest BCUT2D eigenvalue weighted by Crippen LogP contribution is -2.14. The van der Waals surface area contributed by atoms with Crippen molar-refractivity contribution in [2.24, 2.45) is 0 Å². The summed E-state index contributed by atoms with van der Waals surface area (Å²) in [5.74, 6) is 0.119. The normalized spacial score (nSPS) is 10.3. The van der Waals surface area contributed by atoms with Gasteiger partial charge in [0.2, 0.25) is 5.91 Å². The molecule has 0 unspecified atom stereocenters. The van der Waals surface area contributed by atoms with Crippen LogP contribution in [0.2, 0.25) is 10.0 Å². The smallest absolute Gasteiger partial charge is 0.234 e. The van der Waals surface area contributed by atoms with Gasteiger partial charge >= 0.3 is 0 Å². The third-order valence-electron chi connectivity index (χ3n) is 2.44. The molecule has 0 bridgehead atoms. The van der Waals surface area contributed by atoms with E-state index in [4.69, 9.17) is 28.9 Å². The third kappa shape index (κ3) is 4.34. The molecule has 2 aromatic rings. The zero-order valence-electron chi connectivity index (χ0n) is 10.4. The lowest BCUT2D eigenvalue weighted by atomic mass is 10.3. The maximum Gasteiger partial charge on any atom is 0.234 e. The molecule has 104 valence electrons. The highest BCUT2D eigenvalue weighted by Crippen LogP contribution is 2.28. The van der Waals surface area contributed by atoms with E-state index in [0.717, 1.165) is 4.90 Å². The van der Waals surface area contributed by atoms with Gasteiger partial charge in [0, 0.05) is 26.3 Å². The molecular formula is C14H12Cl2N2OS. The van der Waals surface area contributed by atoms with E-state index < -0.39 is 0 Å². The fraction of sp³-hybridized carbons (Fsp3) is 0.0714. The second-order valence-corrected chi connectivity index (χ2v) is 5.92. The van der Waals surface area contributed by atoms with Crippen molar-refractivity contribution in [1.29, 1.82) is 0 Å². The maximum atomic E-state index is 11.8. The first-order valence-corrected chi connectivity index (χ1v) is 7.52. The van der Waals surface area contributed by atoms with Gasteiger partial charge in [0.1, 0.15) is 0 Å². The summed E-state index contributed by atoms with van der Waals surface area (Å²) >= 11 is 13.1. The minimum Gasteiger partial charge on any atom is -0.398 e. The number of thioether (sulfide) groups is 1.